The van der Waals surface area contributed by atoms with Gasteiger partial charge in [0.25, 0.3) is 0 Å². The molecule has 0 spiro atoms. The molecule has 0 saturated heterocycles. The van der Waals surface area contributed by atoms with Crippen LogP contribution in [0.2, 0.25) is 0 Å². The first-order valence-corrected chi connectivity index (χ1v) is 5.15. The van der Waals surface area contributed by atoms with Crippen molar-refractivity contribution in [1.29, 1.82) is 0 Å². The third-order valence-corrected chi connectivity index (χ3v) is 2.54. The highest BCUT2D eigenvalue weighted by Gasteiger charge is 2.31. The maximum Gasteiger partial charge on any atom is 0.0895 e. The zero-order chi connectivity index (χ0) is 11.0. The monoisotopic (exact) mass is 197 g/mol. The molecular formula is C11H23N3. The van der Waals surface area contributed by atoms with Crippen molar-refractivity contribution in [3.05, 3.63) is 12.4 Å². The van der Waals surface area contributed by atoms with Gasteiger partial charge in [-0.15, -0.1) is 0 Å². The fraction of sp³-hybridized carbons (Fsp3) is 0.818. The summed E-state index contributed by atoms with van der Waals surface area (Å²) in [5.74, 6) is 0. The molecule has 0 fully saturated rings. The molecule has 0 aromatic carbocycles. The van der Waals surface area contributed by atoms with Crippen molar-refractivity contribution in [3.8, 4) is 0 Å². The van der Waals surface area contributed by atoms with Crippen molar-refractivity contribution in [1.82, 2.24) is 9.80 Å². The van der Waals surface area contributed by atoms with Gasteiger partial charge in [-0.2, -0.15) is 0 Å². The molecule has 14 heavy (non-hydrogen) atoms. The molecule has 2 N–H and O–H groups in total. The number of nitrogens with two attached hydrogens (primary N) is 1. The van der Waals surface area contributed by atoms with Gasteiger partial charge in [-0.25, -0.2) is 0 Å². The molecule has 0 amide bonds. The van der Waals surface area contributed by atoms with Gasteiger partial charge in [0.1, 0.15) is 0 Å². The van der Waals surface area contributed by atoms with Crippen LogP contribution in [0.5, 0.6) is 0 Å². The summed E-state index contributed by atoms with van der Waals surface area (Å²) in [6.07, 6.45) is 5.23. The highest BCUT2D eigenvalue weighted by Crippen LogP contribution is 2.27. The van der Waals surface area contributed by atoms with Crippen molar-refractivity contribution in [3.63, 3.8) is 0 Å². The molecule has 0 unspecified atom stereocenters. The van der Waals surface area contributed by atoms with E-state index in [1.807, 2.05) is 0 Å². The van der Waals surface area contributed by atoms with Gasteiger partial charge in [-0.1, -0.05) is 0 Å². The number of hydrogen-bond donors (Lipinski definition) is 1. The summed E-state index contributed by atoms with van der Waals surface area (Å²) in [5, 5.41) is 0. The van der Waals surface area contributed by atoms with E-state index in [-0.39, 0.29) is 11.1 Å². The quantitative estimate of drug-likeness (QED) is 0.745. The van der Waals surface area contributed by atoms with E-state index < -0.39 is 0 Å². The van der Waals surface area contributed by atoms with Crippen LogP contribution in [0.3, 0.4) is 0 Å². The van der Waals surface area contributed by atoms with Crippen molar-refractivity contribution < 1.29 is 0 Å². The molecule has 3 heteroatoms. The van der Waals surface area contributed by atoms with E-state index in [4.69, 9.17) is 5.73 Å². The van der Waals surface area contributed by atoms with Crippen LogP contribution >= 0.6 is 0 Å². The topological polar surface area (TPSA) is 32.5 Å². The Morgan fingerprint density at radius 2 is 1.79 bits per heavy atom. The average Bonchev–Trinajstić information content (AvgIpc) is 2.29. The SMILES string of the molecule is CN1C=CN(C(C)(C)CC(C)(C)N)C1. The largest absolute Gasteiger partial charge is 0.362 e. The van der Waals surface area contributed by atoms with E-state index in [9.17, 15) is 0 Å². The van der Waals surface area contributed by atoms with Crippen molar-refractivity contribution in [2.75, 3.05) is 13.7 Å². The summed E-state index contributed by atoms with van der Waals surface area (Å²) < 4.78 is 0. The molecule has 0 bridgehead atoms. The van der Waals surface area contributed by atoms with Gasteiger partial charge < -0.3 is 15.5 Å². The Balaban J connectivity index is 2.62. The molecule has 1 rings (SSSR count). The Bertz CT molecular complexity index is 225. The van der Waals surface area contributed by atoms with Crippen LogP contribution in [0, 0.1) is 0 Å². The number of hydrogen-bond acceptors (Lipinski definition) is 3. The molecular weight excluding hydrogens is 174 g/mol. The molecule has 82 valence electrons. The van der Waals surface area contributed by atoms with E-state index in [0.717, 1.165) is 13.1 Å². The zero-order valence-electron chi connectivity index (χ0n) is 10.0. The molecule has 0 atom stereocenters. The summed E-state index contributed by atoms with van der Waals surface area (Å²) in [5.41, 5.74) is 6.07. The highest BCUT2D eigenvalue weighted by molar-refractivity contribution is 4.99. The van der Waals surface area contributed by atoms with Gasteiger partial charge in [0.05, 0.1) is 6.67 Å². The van der Waals surface area contributed by atoms with Crippen molar-refractivity contribution in [2.45, 2.75) is 45.2 Å². The highest BCUT2D eigenvalue weighted by atomic mass is 15.4. The van der Waals surface area contributed by atoms with E-state index in [2.05, 4.69) is 56.9 Å². The lowest BCUT2D eigenvalue weighted by molar-refractivity contribution is 0.125. The van der Waals surface area contributed by atoms with Gasteiger partial charge in [0, 0.05) is 30.5 Å². The van der Waals surface area contributed by atoms with Gasteiger partial charge in [-0.3, -0.25) is 0 Å². The fourth-order valence-corrected chi connectivity index (χ4v) is 2.14. The Hall–Kier alpha value is -0.700. The fourth-order valence-electron chi connectivity index (χ4n) is 2.14. The lowest BCUT2D eigenvalue weighted by Gasteiger charge is -2.40. The molecule has 1 heterocycles. The van der Waals surface area contributed by atoms with Crippen molar-refractivity contribution >= 4 is 0 Å². The second kappa shape index (κ2) is 3.46. The molecule has 0 saturated carbocycles. The predicted octanol–water partition coefficient (Wildman–Crippen LogP) is 1.57. The van der Waals surface area contributed by atoms with Gasteiger partial charge >= 0.3 is 0 Å². The number of nitrogens with zero attached hydrogens (tertiary/aromatic N) is 2. The van der Waals surface area contributed by atoms with Crippen LogP contribution in [0.1, 0.15) is 34.1 Å². The number of rotatable bonds is 3. The summed E-state index contributed by atoms with van der Waals surface area (Å²) in [4.78, 5) is 4.51. The second-order valence-electron chi connectivity index (χ2n) is 5.64. The van der Waals surface area contributed by atoms with Crippen LogP contribution in [0.4, 0.5) is 0 Å². The molecule has 0 radical (unpaired) electrons. The Kier molecular flexibility index (Phi) is 2.81. The minimum atomic E-state index is -0.113. The minimum Gasteiger partial charge on any atom is -0.362 e. The standard InChI is InChI=1S/C11H23N3/c1-10(2,12)8-11(3,4)14-7-6-13(5)9-14/h6-7H,8-9,12H2,1-5H3. The summed E-state index contributed by atoms with van der Waals surface area (Å²) in [7, 11) is 2.08. The third-order valence-electron chi connectivity index (χ3n) is 2.54. The summed E-state index contributed by atoms with van der Waals surface area (Å²) in [6.45, 7) is 9.61. The first-order valence-electron chi connectivity index (χ1n) is 5.15. The van der Waals surface area contributed by atoms with Gasteiger partial charge in [-0.05, 0) is 34.1 Å². The molecule has 0 aromatic rings. The molecule has 1 aliphatic rings. The summed E-state index contributed by atoms with van der Waals surface area (Å²) in [6, 6.07) is 0. The average molecular weight is 197 g/mol. The van der Waals surface area contributed by atoms with Gasteiger partial charge in [0.15, 0.2) is 0 Å². The maximum absolute atomic E-state index is 6.06. The molecule has 0 aliphatic carbocycles. The summed E-state index contributed by atoms with van der Waals surface area (Å²) >= 11 is 0. The maximum atomic E-state index is 6.06. The zero-order valence-corrected chi connectivity index (χ0v) is 10.0. The first-order chi connectivity index (χ1) is 6.21. The first kappa shape index (κ1) is 11.4. The van der Waals surface area contributed by atoms with Crippen LogP contribution in [0.15, 0.2) is 12.4 Å². The lowest BCUT2D eigenvalue weighted by atomic mass is 9.87. The van der Waals surface area contributed by atoms with E-state index in [1.165, 1.54) is 0 Å². The van der Waals surface area contributed by atoms with E-state index in [0.29, 0.717) is 0 Å². The Labute approximate surface area is 87.6 Å². The predicted molar refractivity (Wildman–Crippen MR) is 60.6 cm³/mol. The van der Waals surface area contributed by atoms with Crippen LogP contribution in [-0.2, 0) is 0 Å². The molecule has 3 nitrogen and oxygen atoms in total. The van der Waals surface area contributed by atoms with Gasteiger partial charge in [0.2, 0.25) is 0 Å². The Morgan fingerprint density at radius 3 is 2.14 bits per heavy atom. The van der Waals surface area contributed by atoms with Crippen LogP contribution in [0.25, 0.3) is 0 Å². The molecule has 0 aromatic heterocycles. The normalized spacial score (nSPS) is 18.1. The molecule has 1 aliphatic heterocycles. The van der Waals surface area contributed by atoms with Crippen LogP contribution < -0.4 is 5.73 Å². The smallest absolute Gasteiger partial charge is 0.0895 e. The minimum absolute atomic E-state index is 0.113. The Morgan fingerprint density at radius 1 is 1.21 bits per heavy atom. The van der Waals surface area contributed by atoms with E-state index >= 15 is 0 Å². The van der Waals surface area contributed by atoms with E-state index in [1.54, 1.807) is 0 Å². The van der Waals surface area contributed by atoms with Crippen LogP contribution in [-0.4, -0.2) is 34.6 Å². The van der Waals surface area contributed by atoms with Crippen molar-refractivity contribution in [2.24, 2.45) is 5.73 Å². The third kappa shape index (κ3) is 2.91. The second-order valence-corrected chi connectivity index (χ2v) is 5.64. The lowest BCUT2D eigenvalue weighted by Crippen LogP contribution is -2.49.